The maximum atomic E-state index is 3.60. The number of hydrogen-bond acceptors (Lipinski definition) is 3. The van der Waals surface area contributed by atoms with Crippen LogP contribution in [-0.2, 0) is 18.6 Å². The van der Waals surface area contributed by atoms with Gasteiger partial charge in [0.1, 0.15) is 0 Å². The average Bonchev–Trinajstić information content (AvgIpc) is 1.76. The van der Waals surface area contributed by atoms with Gasteiger partial charge in [0.2, 0.25) is 0 Å². The molecule has 0 saturated carbocycles. The van der Waals surface area contributed by atoms with Crippen molar-refractivity contribution in [2.75, 3.05) is 0 Å². The Balaban J connectivity index is 0. The molecular formula is C3H4N2SV. The van der Waals surface area contributed by atoms with Gasteiger partial charge in [-0.1, -0.05) is 0 Å². The maximum absolute atomic E-state index is 3.60. The van der Waals surface area contributed by atoms with Crippen molar-refractivity contribution in [3.63, 3.8) is 0 Å². The van der Waals surface area contributed by atoms with Crippen LogP contribution in [0.5, 0.6) is 0 Å². The molecule has 37 valence electrons. The summed E-state index contributed by atoms with van der Waals surface area (Å²) < 4.78 is 7.12. The van der Waals surface area contributed by atoms with E-state index in [0.29, 0.717) is 0 Å². The fourth-order valence-electron chi connectivity index (χ4n) is 0.118. The molecule has 0 aliphatic heterocycles. The van der Waals surface area contributed by atoms with Crippen LogP contribution in [0.1, 0.15) is 0 Å². The first-order chi connectivity index (χ1) is 2.50. The summed E-state index contributed by atoms with van der Waals surface area (Å²) >= 11 is 1.16. The van der Waals surface area contributed by atoms with E-state index in [1.807, 2.05) is 0 Å². The van der Waals surface area contributed by atoms with Gasteiger partial charge >= 0.3 is 18.6 Å². The molecule has 0 saturated heterocycles. The van der Waals surface area contributed by atoms with Gasteiger partial charge in [-0.15, -0.1) is 6.20 Å². The minimum Gasteiger partial charge on any atom is -0.394 e. The molecule has 0 unspecified atom stereocenters. The van der Waals surface area contributed by atoms with E-state index in [-0.39, 0.29) is 26.0 Å². The monoisotopic (exact) mass is 151 g/mol. The molecule has 0 bridgehead atoms. The molecule has 1 aromatic rings. The predicted octanol–water partition coefficient (Wildman–Crippen LogP) is 0.786. The molecule has 1 heterocycles. The molecule has 0 atom stereocenters. The summed E-state index contributed by atoms with van der Waals surface area (Å²) in [6.07, 6.45) is 4.05. The molecular weight excluding hydrogens is 147 g/mol. The van der Waals surface area contributed by atoms with Gasteiger partial charge in [0.05, 0.1) is 0 Å². The van der Waals surface area contributed by atoms with Crippen molar-refractivity contribution in [2.24, 2.45) is 0 Å². The van der Waals surface area contributed by atoms with E-state index in [9.17, 15) is 0 Å². The molecule has 1 rings (SSSR count). The Labute approximate surface area is 59.2 Å². The van der Waals surface area contributed by atoms with Gasteiger partial charge in [0.25, 0.3) is 0 Å². The third-order valence-corrected chi connectivity index (χ3v) is 0.638. The summed E-state index contributed by atoms with van der Waals surface area (Å²) in [6.45, 7) is 0. The van der Waals surface area contributed by atoms with Crippen molar-refractivity contribution in [3.8, 4) is 0 Å². The van der Waals surface area contributed by atoms with Crippen LogP contribution < -0.4 is 0 Å². The third-order valence-electron chi connectivity index (χ3n) is 0.251. The van der Waals surface area contributed by atoms with E-state index in [2.05, 4.69) is 14.9 Å². The second-order valence-electron chi connectivity index (χ2n) is 0.537. The van der Waals surface area contributed by atoms with Crippen molar-refractivity contribution >= 4 is 11.7 Å². The summed E-state index contributed by atoms with van der Waals surface area (Å²) in [6, 6.07) is 0. The molecule has 7 heavy (non-hydrogen) atoms. The normalized spacial score (nSPS) is 5.71. The largest absolute Gasteiger partial charge is 2.00 e. The fourth-order valence-corrected chi connectivity index (χ4v) is 0.354. The summed E-state index contributed by atoms with van der Waals surface area (Å²) in [7, 11) is 0. The minimum absolute atomic E-state index is 0. The molecule has 2 nitrogen and oxygen atoms in total. The molecule has 1 aromatic heterocycles. The Morgan fingerprint density at radius 2 is 2.29 bits per heavy atom. The van der Waals surface area contributed by atoms with Crippen molar-refractivity contribution in [1.29, 1.82) is 0 Å². The Morgan fingerprint density at radius 3 is 2.43 bits per heavy atom. The van der Waals surface area contributed by atoms with E-state index in [4.69, 9.17) is 0 Å². The molecule has 0 aliphatic rings. The van der Waals surface area contributed by atoms with E-state index in [1.54, 1.807) is 0 Å². The second-order valence-corrected chi connectivity index (χ2v) is 1.09. The van der Waals surface area contributed by atoms with Crippen LogP contribution in [0.4, 0.5) is 0 Å². The molecule has 0 fully saturated rings. The third kappa shape index (κ3) is 3.99. The Bertz CT molecular complexity index is 69.4. The number of hydrogen-bond donors (Lipinski definition) is 0. The molecule has 0 N–H and O–H groups in total. The Morgan fingerprint density at radius 1 is 1.57 bits per heavy atom. The summed E-state index contributed by atoms with van der Waals surface area (Å²) in [5.74, 6) is 0. The van der Waals surface area contributed by atoms with Crippen LogP contribution in [0.15, 0.2) is 6.20 Å². The smallest absolute Gasteiger partial charge is 0.394 e. The molecule has 0 spiro atoms. The number of aromatic nitrogens is 2. The zero-order valence-corrected chi connectivity index (χ0v) is 6.04. The van der Waals surface area contributed by atoms with E-state index in [1.165, 1.54) is 6.20 Å². The zero-order valence-electron chi connectivity index (χ0n) is 3.83. The standard InChI is InChI=1S/C2HN2S.CH3.V/c1-2-4-5-3-1;;/h1H;1H3;/q2*-1;+2. The Kier molecular flexibility index (Phi) is 8.95. The fraction of sp³-hybridized carbons (Fsp3) is 0. The van der Waals surface area contributed by atoms with Gasteiger partial charge in [-0.3, -0.25) is 0 Å². The Hall–Kier alpha value is 0.144. The van der Waals surface area contributed by atoms with Crippen molar-refractivity contribution in [1.82, 2.24) is 8.75 Å². The van der Waals surface area contributed by atoms with Crippen LogP contribution in [0.2, 0.25) is 0 Å². The van der Waals surface area contributed by atoms with Crippen molar-refractivity contribution < 1.29 is 18.6 Å². The predicted molar refractivity (Wildman–Crippen MR) is 25.2 cm³/mol. The van der Waals surface area contributed by atoms with E-state index < -0.39 is 0 Å². The average molecular weight is 151 g/mol. The van der Waals surface area contributed by atoms with Crippen molar-refractivity contribution in [2.45, 2.75) is 0 Å². The molecule has 4 heteroatoms. The van der Waals surface area contributed by atoms with Crippen LogP contribution in [0.3, 0.4) is 0 Å². The topological polar surface area (TPSA) is 25.8 Å². The van der Waals surface area contributed by atoms with E-state index >= 15 is 0 Å². The first-order valence-electron chi connectivity index (χ1n) is 1.14. The second kappa shape index (κ2) is 6.14. The number of rotatable bonds is 0. The van der Waals surface area contributed by atoms with Gasteiger partial charge in [0, 0.05) is 11.7 Å². The molecule has 0 amide bonds. The van der Waals surface area contributed by atoms with Gasteiger partial charge in [0.15, 0.2) is 0 Å². The van der Waals surface area contributed by atoms with Crippen LogP contribution in [-0.4, -0.2) is 8.75 Å². The molecule has 1 radical (unpaired) electrons. The minimum atomic E-state index is 0. The van der Waals surface area contributed by atoms with Crippen molar-refractivity contribution in [3.05, 3.63) is 19.8 Å². The van der Waals surface area contributed by atoms with Crippen LogP contribution in [0.25, 0.3) is 0 Å². The van der Waals surface area contributed by atoms with Gasteiger partial charge in [-0.05, 0) is 0 Å². The zero-order chi connectivity index (χ0) is 3.54. The SMILES string of the molecule is [CH3-].[V+2].[c-]1cnsn1. The summed E-state index contributed by atoms with van der Waals surface area (Å²) in [5.41, 5.74) is 0. The van der Waals surface area contributed by atoms with Gasteiger partial charge in [-0.2, -0.15) is 0 Å². The first-order valence-corrected chi connectivity index (χ1v) is 1.87. The number of nitrogens with zero attached hydrogens (tertiary/aromatic N) is 2. The quantitative estimate of drug-likeness (QED) is 0.512. The summed E-state index contributed by atoms with van der Waals surface area (Å²) in [5, 5.41) is 0. The van der Waals surface area contributed by atoms with E-state index in [0.717, 1.165) is 11.7 Å². The molecule has 0 aliphatic carbocycles. The maximum Gasteiger partial charge on any atom is 2.00 e. The van der Waals surface area contributed by atoms with Gasteiger partial charge in [-0.25, -0.2) is 4.37 Å². The summed E-state index contributed by atoms with van der Waals surface area (Å²) in [4.78, 5) is 0. The molecule has 0 aromatic carbocycles. The van der Waals surface area contributed by atoms with Gasteiger partial charge < -0.3 is 18.0 Å². The van der Waals surface area contributed by atoms with Crippen LogP contribution >= 0.6 is 11.7 Å². The van der Waals surface area contributed by atoms with Crippen LogP contribution in [0, 0.1) is 13.6 Å². The first kappa shape index (κ1) is 10.2.